The van der Waals surface area contributed by atoms with Crippen molar-refractivity contribution in [2.75, 3.05) is 118 Å². The highest BCUT2D eigenvalue weighted by Crippen LogP contribution is 2.39. The zero-order chi connectivity index (χ0) is 36.4. The molecule has 0 aliphatic carbocycles. The fourth-order valence-corrected chi connectivity index (χ4v) is 6.92. The van der Waals surface area contributed by atoms with Gasteiger partial charge in [-0.15, -0.1) is 5.06 Å². The van der Waals surface area contributed by atoms with Crippen LogP contribution in [0.1, 0.15) is 44.2 Å². The lowest BCUT2D eigenvalue weighted by atomic mass is 9.74. The third-order valence-corrected chi connectivity index (χ3v) is 9.54. The molecule has 3 saturated heterocycles. The number of ether oxygens (including phenoxy) is 7. The van der Waals surface area contributed by atoms with Gasteiger partial charge in [0.1, 0.15) is 11.4 Å². The molecule has 12 heteroatoms. The molecule has 52 heavy (non-hydrogen) atoms. The maximum atomic E-state index is 12.8. The summed E-state index contributed by atoms with van der Waals surface area (Å²) in [5, 5.41) is 1.74. The van der Waals surface area contributed by atoms with Crippen LogP contribution in [0, 0.1) is 11.8 Å². The van der Waals surface area contributed by atoms with Crippen LogP contribution in [0.15, 0.2) is 54.6 Å². The van der Waals surface area contributed by atoms with Gasteiger partial charge in [0.2, 0.25) is 0 Å². The number of morpholine rings is 2. The number of rotatable bonds is 19. The number of piperidine rings is 1. The molecule has 0 saturated carbocycles. The van der Waals surface area contributed by atoms with Gasteiger partial charge in [-0.1, -0.05) is 42.5 Å². The van der Waals surface area contributed by atoms with Gasteiger partial charge in [-0.25, -0.2) is 4.79 Å². The average molecular weight is 728 g/mol. The fraction of sp³-hybridized carbons (Fsp3) is 0.675. The second-order valence-corrected chi connectivity index (χ2v) is 14.8. The largest absolute Gasteiger partial charge is 0.528 e. The van der Waals surface area contributed by atoms with E-state index in [-0.39, 0.29) is 17.8 Å². The van der Waals surface area contributed by atoms with Crippen LogP contribution in [0.5, 0.6) is 5.75 Å². The van der Waals surface area contributed by atoms with Gasteiger partial charge in [-0.3, -0.25) is 9.80 Å². The molecule has 2 aromatic rings. The van der Waals surface area contributed by atoms with E-state index in [2.05, 4.69) is 46.2 Å². The van der Waals surface area contributed by atoms with Gasteiger partial charge in [-0.2, -0.15) is 0 Å². The maximum Gasteiger partial charge on any atom is 0.528 e. The standard InChI is InChI=1S/C40H61N3O9/c1-40(2,3)51-39(44)52-43-28-35(31-48-26-18-41-14-22-45-23-15-41)38(36(29-43)32-49-27-19-42-16-24-46-25-17-42)34-10-12-37(13-11-34)50-21-7-20-47-30-33-8-5-4-6-9-33/h4-6,8-13,35-36,38H,7,14-32H2,1-3H3/t35-,36+,38?. The van der Waals surface area contributed by atoms with E-state index in [1.807, 2.05) is 39.0 Å². The number of carbonyl (C=O) groups is 1. The van der Waals surface area contributed by atoms with Gasteiger partial charge in [0, 0.05) is 70.6 Å². The lowest BCUT2D eigenvalue weighted by Crippen LogP contribution is -2.49. The zero-order valence-corrected chi connectivity index (χ0v) is 31.6. The first-order chi connectivity index (χ1) is 25.3. The van der Waals surface area contributed by atoms with Crippen molar-refractivity contribution >= 4 is 6.16 Å². The molecule has 0 N–H and O–H groups in total. The molecule has 0 amide bonds. The summed E-state index contributed by atoms with van der Waals surface area (Å²) >= 11 is 0. The molecule has 5 rings (SSSR count). The van der Waals surface area contributed by atoms with Crippen LogP contribution >= 0.6 is 0 Å². The van der Waals surface area contributed by atoms with Crippen LogP contribution in [0.2, 0.25) is 0 Å². The van der Waals surface area contributed by atoms with Crippen LogP contribution in [0.3, 0.4) is 0 Å². The Hall–Kier alpha value is -2.81. The summed E-state index contributed by atoms with van der Waals surface area (Å²) in [6.45, 7) is 19.1. The average Bonchev–Trinajstić information content (AvgIpc) is 3.14. The minimum absolute atomic E-state index is 0.0438. The van der Waals surface area contributed by atoms with Crippen molar-refractivity contribution in [2.24, 2.45) is 11.8 Å². The van der Waals surface area contributed by atoms with Crippen LogP contribution < -0.4 is 4.74 Å². The highest BCUT2D eigenvalue weighted by atomic mass is 16.8. The maximum absolute atomic E-state index is 12.8. The van der Waals surface area contributed by atoms with Crippen molar-refractivity contribution in [3.8, 4) is 5.75 Å². The molecule has 0 bridgehead atoms. The van der Waals surface area contributed by atoms with Gasteiger partial charge >= 0.3 is 6.16 Å². The van der Waals surface area contributed by atoms with Crippen molar-refractivity contribution in [1.29, 1.82) is 0 Å². The number of nitrogens with zero attached hydrogens (tertiary/aromatic N) is 3. The number of benzene rings is 2. The number of hydrogen-bond donors (Lipinski definition) is 0. The van der Waals surface area contributed by atoms with E-state index in [0.717, 1.165) is 77.9 Å². The first-order valence-electron chi connectivity index (χ1n) is 19.1. The molecular weight excluding hydrogens is 666 g/mol. The quantitative estimate of drug-likeness (QED) is 0.146. The van der Waals surface area contributed by atoms with Crippen molar-refractivity contribution in [1.82, 2.24) is 14.9 Å². The van der Waals surface area contributed by atoms with E-state index < -0.39 is 11.8 Å². The Morgan fingerprint density at radius 1 is 0.731 bits per heavy atom. The molecule has 0 aromatic heterocycles. The summed E-state index contributed by atoms with van der Waals surface area (Å²) in [5.41, 5.74) is 1.71. The molecule has 290 valence electrons. The lowest BCUT2D eigenvalue weighted by molar-refractivity contribution is -0.181. The summed E-state index contributed by atoms with van der Waals surface area (Å²) in [5.74, 6) is 1.03. The van der Waals surface area contributed by atoms with E-state index in [4.69, 9.17) is 38.0 Å². The SMILES string of the molecule is CC(C)(C)OC(=O)ON1C[C@@H](COCCN2CCOCC2)C(c2ccc(OCCCOCc3ccccc3)cc2)[C@@H](COCCN2CCOCC2)C1. The molecule has 0 radical (unpaired) electrons. The number of hydroxylamine groups is 2. The molecular formula is C40H61N3O9. The molecule has 1 unspecified atom stereocenters. The van der Waals surface area contributed by atoms with E-state index >= 15 is 0 Å². The summed E-state index contributed by atoms with van der Waals surface area (Å²) < 4.78 is 41.2. The van der Waals surface area contributed by atoms with E-state index in [9.17, 15) is 4.79 Å². The first kappa shape index (κ1) is 40.4. The summed E-state index contributed by atoms with van der Waals surface area (Å²) in [6, 6.07) is 18.6. The Balaban J connectivity index is 1.22. The van der Waals surface area contributed by atoms with Gasteiger partial charge in [0.05, 0.1) is 72.7 Å². The Labute approximate surface area is 310 Å². The van der Waals surface area contributed by atoms with Crippen LogP contribution in [0.4, 0.5) is 4.79 Å². The fourth-order valence-electron chi connectivity index (χ4n) is 6.92. The summed E-state index contributed by atoms with van der Waals surface area (Å²) in [6.07, 6.45) is 0.107. The number of carbonyl (C=O) groups excluding carboxylic acids is 1. The Morgan fingerprint density at radius 3 is 1.87 bits per heavy atom. The number of hydrogen-bond acceptors (Lipinski definition) is 12. The topological polar surface area (TPSA) is 101 Å². The molecule has 3 aliphatic rings. The molecule has 12 nitrogen and oxygen atoms in total. The third-order valence-electron chi connectivity index (χ3n) is 9.54. The van der Waals surface area contributed by atoms with Crippen LogP contribution in [-0.2, 0) is 39.9 Å². The van der Waals surface area contributed by atoms with E-state index in [0.29, 0.717) is 59.3 Å². The Morgan fingerprint density at radius 2 is 1.31 bits per heavy atom. The molecule has 3 atom stereocenters. The minimum Gasteiger partial charge on any atom is -0.494 e. The second kappa shape index (κ2) is 21.8. The molecule has 3 fully saturated rings. The summed E-state index contributed by atoms with van der Waals surface area (Å²) in [7, 11) is 0. The van der Waals surface area contributed by atoms with Crippen molar-refractivity contribution in [2.45, 2.75) is 45.3 Å². The predicted molar refractivity (Wildman–Crippen MR) is 197 cm³/mol. The normalized spacial score (nSPS) is 22.2. The Bertz CT molecular complexity index is 1230. The van der Waals surface area contributed by atoms with Gasteiger partial charge < -0.3 is 38.0 Å². The van der Waals surface area contributed by atoms with Crippen LogP contribution in [-0.4, -0.2) is 145 Å². The molecule has 3 heterocycles. The van der Waals surface area contributed by atoms with E-state index in [1.165, 1.54) is 11.1 Å². The van der Waals surface area contributed by atoms with Crippen molar-refractivity contribution in [3.05, 3.63) is 65.7 Å². The second-order valence-electron chi connectivity index (χ2n) is 14.8. The highest BCUT2D eigenvalue weighted by molar-refractivity contribution is 5.60. The third kappa shape index (κ3) is 14.5. The van der Waals surface area contributed by atoms with Gasteiger partial charge in [0.25, 0.3) is 0 Å². The smallest absolute Gasteiger partial charge is 0.494 e. The lowest BCUT2D eigenvalue weighted by Gasteiger charge is -2.43. The summed E-state index contributed by atoms with van der Waals surface area (Å²) in [4.78, 5) is 23.4. The monoisotopic (exact) mass is 727 g/mol. The zero-order valence-electron chi connectivity index (χ0n) is 31.6. The van der Waals surface area contributed by atoms with E-state index in [1.54, 1.807) is 5.06 Å². The van der Waals surface area contributed by atoms with Gasteiger partial charge in [0.15, 0.2) is 0 Å². The molecule has 0 spiro atoms. The molecule has 2 aromatic carbocycles. The van der Waals surface area contributed by atoms with Crippen LogP contribution in [0.25, 0.3) is 0 Å². The predicted octanol–water partition coefficient (Wildman–Crippen LogP) is 4.87. The minimum atomic E-state index is -0.697. The van der Waals surface area contributed by atoms with Crippen molar-refractivity contribution < 1.29 is 42.8 Å². The van der Waals surface area contributed by atoms with Crippen molar-refractivity contribution in [3.63, 3.8) is 0 Å². The first-order valence-corrected chi connectivity index (χ1v) is 19.1. The molecule has 3 aliphatic heterocycles. The Kier molecular flexibility index (Phi) is 16.9. The van der Waals surface area contributed by atoms with Gasteiger partial charge in [-0.05, 0) is 49.9 Å². The highest BCUT2D eigenvalue weighted by Gasteiger charge is 2.40.